The topological polar surface area (TPSA) is 37.3 Å². The van der Waals surface area contributed by atoms with Crippen LogP contribution in [0.3, 0.4) is 0 Å². The van der Waals surface area contributed by atoms with Crippen LogP contribution in [0.2, 0.25) is 5.02 Å². The van der Waals surface area contributed by atoms with Gasteiger partial charge in [-0.1, -0.05) is 11.6 Å². The van der Waals surface area contributed by atoms with Crippen molar-refractivity contribution in [3.8, 4) is 0 Å². The van der Waals surface area contributed by atoms with E-state index in [2.05, 4.69) is 0 Å². The molecule has 0 spiro atoms. The Labute approximate surface area is 73.2 Å². The van der Waals surface area contributed by atoms with Crippen LogP contribution in [0.5, 0.6) is 0 Å². The average Bonchev–Trinajstić information content (AvgIpc) is 1.93. The Morgan fingerprint density at radius 3 is 2.36 bits per heavy atom. The lowest BCUT2D eigenvalue weighted by molar-refractivity contribution is 0.222. The highest BCUT2D eigenvalue weighted by molar-refractivity contribution is 8.13. The maximum atomic E-state index is 10.2. The smallest absolute Gasteiger partial charge is 0.369 e. The number of rotatable bonds is 1. The number of hydrogen-bond acceptors (Lipinski definition) is 2. The Kier molecular flexibility index (Phi) is 2.79. The van der Waals surface area contributed by atoms with Gasteiger partial charge in [0.25, 0.3) is 0 Å². The lowest BCUT2D eigenvalue weighted by Crippen LogP contribution is -1.81. The number of halogens is 1. The number of benzene rings is 1. The lowest BCUT2D eigenvalue weighted by atomic mass is 10.4. The summed E-state index contributed by atoms with van der Waals surface area (Å²) in [6.07, 6.45) is 0. The molecular weight excluding hydrogens is 184 g/mol. The first-order chi connectivity index (χ1) is 5.18. The molecule has 0 aliphatic heterocycles. The van der Waals surface area contributed by atoms with Crippen LogP contribution in [0.1, 0.15) is 0 Å². The summed E-state index contributed by atoms with van der Waals surface area (Å²) >= 11 is 6.36. The van der Waals surface area contributed by atoms with Crippen LogP contribution < -0.4 is 0 Å². The summed E-state index contributed by atoms with van der Waals surface area (Å²) in [5.41, 5.74) is 0. The molecule has 1 N–H and O–H groups in total. The maximum absolute atomic E-state index is 10.2. The Morgan fingerprint density at radius 1 is 1.36 bits per heavy atom. The molecule has 0 aromatic heterocycles. The van der Waals surface area contributed by atoms with Crippen molar-refractivity contribution in [2.75, 3.05) is 0 Å². The van der Waals surface area contributed by atoms with Crippen molar-refractivity contribution in [2.45, 2.75) is 4.90 Å². The molecule has 0 radical (unpaired) electrons. The third-order valence-electron chi connectivity index (χ3n) is 1.02. The third kappa shape index (κ3) is 2.82. The average molecular weight is 189 g/mol. The molecule has 1 rings (SSSR count). The van der Waals surface area contributed by atoms with Crippen molar-refractivity contribution in [3.05, 3.63) is 29.3 Å². The van der Waals surface area contributed by atoms with Crippen molar-refractivity contribution >= 4 is 28.7 Å². The molecule has 0 fully saturated rings. The number of hydrogen-bond donors (Lipinski definition) is 1. The van der Waals surface area contributed by atoms with Crippen molar-refractivity contribution in [1.82, 2.24) is 0 Å². The molecule has 0 saturated carbocycles. The number of carbonyl (C=O) groups is 1. The minimum Gasteiger partial charge on any atom is -0.473 e. The van der Waals surface area contributed by atoms with Gasteiger partial charge in [-0.15, -0.1) is 0 Å². The Morgan fingerprint density at radius 2 is 1.91 bits per heavy atom. The minimum atomic E-state index is -0.910. The SMILES string of the molecule is O=C(O)Sc1ccc(Cl)cc1. The Hall–Kier alpha value is -0.670. The summed E-state index contributed by atoms with van der Waals surface area (Å²) in [4.78, 5) is 10.9. The van der Waals surface area contributed by atoms with Gasteiger partial charge in [-0.25, -0.2) is 4.79 Å². The zero-order chi connectivity index (χ0) is 8.27. The van der Waals surface area contributed by atoms with Gasteiger partial charge in [-0.2, -0.15) is 0 Å². The zero-order valence-corrected chi connectivity index (χ0v) is 7.02. The molecule has 0 bridgehead atoms. The van der Waals surface area contributed by atoms with E-state index in [1.807, 2.05) is 0 Å². The minimum absolute atomic E-state index is 0.611. The molecule has 0 amide bonds. The summed E-state index contributed by atoms with van der Waals surface area (Å²) in [6.45, 7) is 0. The summed E-state index contributed by atoms with van der Waals surface area (Å²) in [6, 6.07) is 6.65. The van der Waals surface area contributed by atoms with Crippen LogP contribution in [0.4, 0.5) is 4.79 Å². The molecule has 0 atom stereocenters. The second-order valence-electron chi connectivity index (χ2n) is 1.82. The van der Waals surface area contributed by atoms with Crippen molar-refractivity contribution in [3.63, 3.8) is 0 Å². The fraction of sp³-hybridized carbons (Fsp3) is 0. The molecule has 4 heteroatoms. The van der Waals surface area contributed by atoms with Gasteiger partial charge in [-0.3, -0.25) is 0 Å². The van der Waals surface area contributed by atoms with Gasteiger partial charge in [0, 0.05) is 9.92 Å². The highest BCUT2D eigenvalue weighted by Gasteiger charge is 1.99. The quantitative estimate of drug-likeness (QED) is 0.689. The molecule has 0 saturated heterocycles. The van der Waals surface area contributed by atoms with Gasteiger partial charge in [0.05, 0.1) is 0 Å². The molecular formula is C7H5ClO2S. The van der Waals surface area contributed by atoms with Gasteiger partial charge in [0.15, 0.2) is 0 Å². The second kappa shape index (κ2) is 3.64. The van der Waals surface area contributed by atoms with Crippen LogP contribution in [-0.4, -0.2) is 10.4 Å². The van der Waals surface area contributed by atoms with Crippen LogP contribution in [-0.2, 0) is 0 Å². The fourth-order valence-corrected chi connectivity index (χ4v) is 1.20. The molecule has 58 valence electrons. The third-order valence-corrected chi connectivity index (χ3v) is 1.95. The number of carboxylic acid groups (broad SMARTS) is 1. The first-order valence-corrected chi connectivity index (χ1v) is 4.04. The molecule has 1 aromatic carbocycles. The highest BCUT2D eigenvalue weighted by Crippen LogP contribution is 2.20. The Bertz CT molecular complexity index is 258. The van der Waals surface area contributed by atoms with Crippen molar-refractivity contribution < 1.29 is 9.90 Å². The van der Waals surface area contributed by atoms with Crippen LogP contribution in [0.25, 0.3) is 0 Å². The molecule has 1 aromatic rings. The van der Waals surface area contributed by atoms with E-state index in [1.54, 1.807) is 24.3 Å². The largest absolute Gasteiger partial charge is 0.473 e. The van der Waals surface area contributed by atoms with E-state index < -0.39 is 5.30 Å². The normalized spacial score (nSPS) is 9.55. The molecule has 0 heterocycles. The maximum Gasteiger partial charge on any atom is 0.369 e. The molecule has 11 heavy (non-hydrogen) atoms. The van der Waals surface area contributed by atoms with Gasteiger partial charge in [0.1, 0.15) is 0 Å². The Balaban J connectivity index is 2.74. The summed E-state index contributed by atoms with van der Waals surface area (Å²) in [7, 11) is 0. The summed E-state index contributed by atoms with van der Waals surface area (Å²) in [5, 5.41) is 8.07. The van der Waals surface area contributed by atoms with Gasteiger partial charge in [0.2, 0.25) is 0 Å². The fourth-order valence-electron chi connectivity index (χ4n) is 0.603. The first-order valence-electron chi connectivity index (χ1n) is 2.85. The first kappa shape index (κ1) is 8.43. The standard InChI is InChI=1S/C7H5ClO2S/c8-5-1-3-6(4-2-5)11-7(9)10/h1-4H,(H,9,10). The molecule has 0 aliphatic carbocycles. The van der Waals surface area contributed by atoms with E-state index in [1.165, 1.54) is 0 Å². The lowest BCUT2D eigenvalue weighted by Gasteiger charge is -1.94. The monoisotopic (exact) mass is 188 g/mol. The van der Waals surface area contributed by atoms with Gasteiger partial charge < -0.3 is 5.11 Å². The van der Waals surface area contributed by atoms with Gasteiger partial charge >= 0.3 is 5.30 Å². The second-order valence-corrected chi connectivity index (χ2v) is 3.28. The summed E-state index contributed by atoms with van der Waals surface area (Å²) < 4.78 is 0. The molecule has 0 aliphatic rings. The van der Waals surface area contributed by atoms with E-state index in [-0.39, 0.29) is 0 Å². The van der Waals surface area contributed by atoms with E-state index in [0.717, 1.165) is 11.8 Å². The van der Waals surface area contributed by atoms with E-state index in [0.29, 0.717) is 9.92 Å². The zero-order valence-electron chi connectivity index (χ0n) is 5.45. The molecule has 2 nitrogen and oxygen atoms in total. The van der Waals surface area contributed by atoms with Crippen LogP contribution in [0.15, 0.2) is 29.2 Å². The summed E-state index contributed by atoms with van der Waals surface area (Å²) in [5.74, 6) is 0. The predicted molar refractivity (Wildman–Crippen MR) is 45.3 cm³/mol. The number of thioether (sulfide) groups is 1. The van der Waals surface area contributed by atoms with E-state index in [9.17, 15) is 4.79 Å². The van der Waals surface area contributed by atoms with Crippen LogP contribution in [0, 0.1) is 0 Å². The van der Waals surface area contributed by atoms with Crippen molar-refractivity contribution in [1.29, 1.82) is 0 Å². The predicted octanol–water partition coefficient (Wildman–Crippen LogP) is 3.11. The van der Waals surface area contributed by atoms with Crippen molar-refractivity contribution in [2.24, 2.45) is 0 Å². The van der Waals surface area contributed by atoms with E-state index in [4.69, 9.17) is 16.7 Å². The van der Waals surface area contributed by atoms with Gasteiger partial charge in [-0.05, 0) is 36.0 Å². The highest BCUT2D eigenvalue weighted by atomic mass is 35.5. The van der Waals surface area contributed by atoms with E-state index >= 15 is 0 Å². The molecule has 0 unspecified atom stereocenters. The van der Waals surface area contributed by atoms with Crippen LogP contribution >= 0.6 is 23.4 Å².